The Kier molecular flexibility index (Phi) is 3.60. The topological polar surface area (TPSA) is 42.7 Å². The Balaban J connectivity index is 1.48. The van der Waals surface area contributed by atoms with Crippen molar-refractivity contribution in [1.29, 1.82) is 0 Å². The van der Waals surface area contributed by atoms with E-state index in [2.05, 4.69) is 44.1 Å². The van der Waals surface area contributed by atoms with Crippen LogP contribution in [-0.2, 0) is 19.5 Å². The minimum Gasteiger partial charge on any atom is -0.380 e. The highest BCUT2D eigenvalue weighted by Gasteiger charge is 2.16. The molecule has 0 unspecified atom stereocenters. The van der Waals surface area contributed by atoms with Crippen LogP contribution in [0, 0.1) is 0 Å². The Morgan fingerprint density at radius 3 is 2.82 bits per heavy atom. The third kappa shape index (κ3) is 2.62. The van der Waals surface area contributed by atoms with Crippen molar-refractivity contribution in [3.8, 4) is 11.3 Å². The fourth-order valence-corrected chi connectivity index (χ4v) is 3.72. The number of hydrogen-bond acceptors (Lipinski definition) is 4. The van der Waals surface area contributed by atoms with Gasteiger partial charge in [0.1, 0.15) is 5.82 Å². The van der Waals surface area contributed by atoms with E-state index in [4.69, 9.17) is 11.6 Å². The molecule has 4 nitrogen and oxygen atoms in total. The lowest BCUT2D eigenvalue weighted by Gasteiger charge is -2.08. The number of anilines is 1. The average Bonchev–Trinajstić information content (AvgIpc) is 3.22. The number of rotatable bonds is 4. The van der Waals surface area contributed by atoms with Crippen molar-refractivity contribution >= 4 is 28.6 Å². The third-order valence-corrected chi connectivity index (χ3v) is 5.01. The van der Waals surface area contributed by atoms with E-state index in [1.165, 1.54) is 34.8 Å². The molecule has 0 bridgehead atoms. The van der Waals surface area contributed by atoms with Gasteiger partial charge in [-0.25, -0.2) is 9.97 Å². The predicted octanol–water partition coefficient (Wildman–Crippen LogP) is 4.22. The molecule has 22 heavy (non-hydrogen) atoms. The van der Waals surface area contributed by atoms with E-state index >= 15 is 0 Å². The summed E-state index contributed by atoms with van der Waals surface area (Å²) in [5.41, 5.74) is 3.52. The number of nitrogens with zero attached hydrogens (tertiary/aromatic N) is 3. The Bertz CT molecular complexity index is 791. The second kappa shape index (κ2) is 5.74. The number of aromatic nitrogens is 3. The van der Waals surface area contributed by atoms with Gasteiger partial charge in [0.05, 0.1) is 18.4 Å². The molecule has 0 saturated heterocycles. The molecule has 0 spiro atoms. The molecule has 0 aliphatic carbocycles. The standard InChI is InChI=1S/C16H15ClN4S/c17-16-20-9-13(22-16)8-18-12-5-3-11(4-6-12)14-10-19-15-2-1-7-21(14)15/h3-6,9-10,18H,1-2,7-8H2. The first-order valence-corrected chi connectivity index (χ1v) is 8.48. The van der Waals surface area contributed by atoms with E-state index in [9.17, 15) is 0 Å². The quantitative estimate of drug-likeness (QED) is 0.779. The maximum Gasteiger partial charge on any atom is 0.183 e. The molecule has 1 N–H and O–H groups in total. The van der Waals surface area contributed by atoms with Crippen molar-refractivity contribution in [2.24, 2.45) is 0 Å². The number of halogens is 1. The molecule has 6 heteroatoms. The molecule has 4 rings (SSSR count). The van der Waals surface area contributed by atoms with Crippen molar-refractivity contribution in [3.05, 3.63) is 51.8 Å². The summed E-state index contributed by atoms with van der Waals surface area (Å²) in [7, 11) is 0. The highest BCUT2D eigenvalue weighted by Crippen LogP contribution is 2.27. The molecule has 1 aromatic carbocycles. The minimum atomic E-state index is 0.585. The van der Waals surface area contributed by atoms with Crippen LogP contribution in [0.15, 0.2) is 36.7 Å². The van der Waals surface area contributed by atoms with Gasteiger partial charge in [-0.15, -0.1) is 11.3 Å². The minimum absolute atomic E-state index is 0.585. The van der Waals surface area contributed by atoms with Gasteiger partial charge < -0.3 is 9.88 Å². The zero-order valence-electron chi connectivity index (χ0n) is 11.9. The van der Waals surface area contributed by atoms with E-state index in [1.54, 1.807) is 0 Å². The van der Waals surface area contributed by atoms with Gasteiger partial charge in [0.15, 0.2) is 4.47 Å². The number of benzene rings is 1. The zero-order chi connectivity index (χ0) is 14.9. The Hall–Kier alpha value is -1.85. The molecule has 0 saturated carbocycles. The van der Waals surface area contributed by atoms with Gasteiger partial charge in [-0.2, -0.15) is 0 Å². The summed E-state index contributed by atoms with van der Waals surface area (Å²) in [4.78, 5) is 9.67. The van der Waals surface area contributed by atoms with Crippen LogP contribution in [0.2, 0.25) is 4.47 Å². The average molecular weight is 331 g/mol. The third-order valence-electron chi connectivity index (χ3n) is 3.89. The molecular formula is C16H15ClN4S. The molecule has 112 valence electrons. The van der Waals surface area contributed by atoms with Crippen molar-refractivity contribution in [3.63, 3.8) is 0 Å². The van der Waals surface area contributed by atoms with Crippen LogP contribution in [0.3, 0.4) is 0 Å². The largest absolute Gasteiger partial charge is 0.380 e. The normalized spacial score (nSPS) is 13.3. The Morgan fingerprint density at radius 2 is 2.05 bits per heavy atom. The van der Waals surface area contributed by atoms with Crippen molar-refractivity contribution in [2.45, 2.75) is 25.9 Å². The Morgan fingerprint density at radius 1 is 1.18 bits per heavy atom. The van der Waals surface area contributed by atoms with Crippen LogP contribution in [0.4, 0.5) is 5.69 Å². The molecule has 3 heterocycles. The molecule has 0 fully saturated rings. The number of aryl methyl sites for hydroxylation is 1. The van der Waals surface area contributed by atoms with Gasteiger partial charge in [0.25, 0.3) is 0 Å². The molecule has 1 aliphatic rings. The van der Waals surface area contributed by atoms with Crippen LogP contribution in [0.5, 0.6) is 0 Å². The monoisotopic (exact) mass is 330 g/mol. The highest BCUT2D eigenvalue weighted by atomic mass is 35.5. The molecule has 0 atom stereocenters. The number of hydrogen-bond donors (Lipinski definition) is 1. The van der Waals surface area contributed by atoms with Gasteiger partial charge in [-0.3, -0.25) is 0 Å². The molecule has 1 aliphatic heterocycles. The van der Waals surface area contributed by atoms with Crippen LogP contribution >= 0.6 is 22.9 Å². The van der Waals surface area contributed by atoms with E-state index in [0.29, 0.717) is 4.47 Å². The first-order valence-electron chi connectivity index (χ1n) is 7.28. The second-order valence-electron chi connectivity index (χ2n) is 5.33. The fraction of sp³-hybridized carbons (Fsp3) is 0.250. The zero-order valence-corrected chi connectivity index (χ0v) is 13.5. The first-order chi connectivity index (χ1) is 10.8. The smallest absolute Gasteiger partial charge is 0.183 e. The van der Waals surface area contributed by atoms with E-state index in [0.717, 1.165) is 30.1 Å². The second-order valence-corrected chi connectivity index (χ2v) is 7.02. The van der Waals surface area contributed by atoms with Crippen molar-refractivity contribution in [2.75, 3.05) is 5.32 Å². The molecular weight excluding hydrogens is 316 g/mol. The highest BCUT2D eigenvalue weighted by molar-refractivity contribution is 7.15. The molecule has 3 aromatic rings. The van der Waals surface area contributed by atoms with Gasteiger partial charge in [-0.1, -0.05) is 23.7 Å². The number of fused-ring (bicyclic) bond motifs is 1. The Labute approximate surface area is 137 Å². The lowest BCUT2D eigenvalue weighted by Crippen LogP contribution is -1.98. The molecule has 0 amide bonds. The summed E-state index contributed by atoms with van der Waals surface area (Å²) >= 11 is 7.34. The number of thiazole rings is 1. The SMILES string of the molecule is Clc1ncc(CNc2ccc(-c3cnc4n3CCC4)cc2)s1. The maximum absolute atomic E-state index is 5.84. The van der Waals surface area contributed by atoms with Crippen LogP contribution in [0.25, 0.3) is 11.3 Å². The van der Waals surface area contributed by atoms with E-state index in [-0.39, 0.29) is 0 Å². The van der Waals surface area contributed by atoms with Gasteiger partial charge in [0, 0.05) is 29.7 Å². The lowest BCUT2D eigenvalue weighted by molar-refractivity contribution is 0.756. The van der Waals surface area contributed by atoms with Gasteiger partial charge >= 0.3 is 0 Å². The molecule has 0 radical (unpaired) electrons. The van der Waals surface area contributed by atoms with Crippen molar-refractivity contribution < 1.29 is 0 Å². The van der Waals surface area contributed by atoms with Crippen LogP contribution in [0.1, 0.15) is 17.1 Å². The van der Waals surface area contributed by atoms with E-state index in [1.807, 2.05) is 12.4 Å². The van der Waals surface area contributed by atoms with Crippen molar-refractivity contribution in [1.82, 2.24) is 14.5 Å². The van der Waals surface area contributed by atoms with Gasteiger partial charge in [-0.05, 0) is 24.1 Å². The summed E-state index contributed by atoms with van der Waals surface area (Å²) in [6.45, 7) is 1.82. The summed E-state index contributed by atoms with van der Waals surface area (Å²) in [5, 5.41) is 3.39. The number of nitrogens with one attached hydrogen (secondary N) is 1. The number of imidazole rings is 1. The van der Waals surface area contributed by atoms with Crippen LogP contribution in [-0.4, -0.2) is 14.5 Å². The summed E-state index contributed by atoms with van der Waals surface area (Å²) in [6, 6.07) is 8.49. The lowest BCUT2D eigenvalue weighted by atomic mass is 10.1. The summed E-state index contributed by atoms with van der Waals surface area (Å²) in [5.74, 6) is 1.21. The maximum atomic E-state index is 5.84. The molecule has 2 aromatic heterocycles. The first kappa shape index (κ1) is 13.8. The summed E-state index contributed by atoms with van der Waals surface area (Å²) in [6.07, 6.45) is 6.09. The summed E-state index contributed by atoms with van der Waals surface area (Å²) < 4.78 is 2.91. The fourth-order valence-electron chi connectivity index (χ4n) is 2.80. The van der Waals surface area contributed by atoms with E-state index < -0.39 is 0 Å². The van der Waals surface area contributed by atoms with Crippen LogP contribution < -0.4 is 5.32 Å². The van der Waals surface area contributed by atoms with Gasteiger partial charge in [0.2, 0.25) is 0 Å². The predicted molar refractivity (Wildman–Crippen MR) is 90.4 cm³/mol.